The number of rotatable bonds is 0. The topological polar surface area (TPSA) is 172 Å². The van der Waals surface area contributed by atoms with Crippen molar-refractivity contribution in [2.45, 2.75) is 0 Å². The summed E-state index contributed by atoms with van der Waals surface area (Å²) in [4.78, 5) is 25.4. The van der Waals surface area contributed by atoms with Crippen molar-refractivity contribution in [3.63, 3.8) is 0 Å². The van der Waals surface area contributed by atoms with Crippen LogP contribution in [0.1, 0.15) is 0 Å². The van der Waals surface area contributed by atoms with Gasteiger partial charge in [-0.25, -0.2) is 0 Å². The van der Waals surface area contributed by atoms with Crippen molar-refractivity contribution in [2.75, 3.05) is 0 Å². The predicted octanol–water partition coefficient (Wildman–Crippen LogP) is -4.69. The molecule has 0 spiro atoms. The second-order valence-corrected chi connectivity index (χ2v) is 2.01. The Kier molecular flexibility index (Phi) is 33.1. The molecule has 0 fully saturated rings. The van der Waals surface area contributed by atoms with Gasteiger partial charge in [0.1, 0.15) is 0 Å². The fourth-order valence-corrected chi connectivity index (χ4v) is 0. The van der Waals surface area contributed by atoms with Gasteiger partial charge in [0.2, 0.25) is 23.7 Å². The third kappa shape index (κ3) is 4190. The maximum Gasteiger partial charge on any atom is 1.00 e. The normalized spacial score (nSPS) is 5.77. The molecule has 13 heavy (non-hydrogen) atoms. The Morgan fingerprint density at radius 2 is 0.538 bits per heavy atom. The molecule has 0 aromatic carbocycles. The largest absolute Gasteiger partial charge is 1.00 e. The van der Waals surface area contributed by atoms with E-state index in [4.69, 9.17) is 42.1 Å². The second-order valence-electron chi connectivity index (χ2n) is 0.671. The van der Waals surface area contributed by atoms with Crippen LogP contribution in [0.25, 0.3) is 0 Å². The molecular weight excluding hydrogens is 260 g/mol. The van der Waals surface area contributed by atoms with Crippen molar-refractivity contribution in [1.82, 2.24) is 0 Å². The maximum atomic E-state index is 8.48. The Morgan fingerprint density at radius 1 is 0.538 bits per heavy atom. The van der Waals surface area contributed by atoms with Crippen LogP contribution in [-0.2, 0) is 27.4 Å². The van der Waals surface area contributed by atoms with Crippen LogP contribution in [0.4, 0.5) is 0 Å². The Bertz CT molecular complexity index is 208. The summed E-state index contributed by atoms with van der Waals surface area (Å²) < 4.78 is 50.9. The molecule has 0 aliphatic rings. The van der Waals surface area contributed by atoms with Gasteiger partial charge in [0, 0.05) is 0 Å². The van der Waals surface area contributed by atoms with E-state index in [0.717, 1.165) is 0 Å². The van der Waals surface area contributed by atoms with Crippen LogP contribution < -0.4 is 44.2 Å². The average Bonchev–Trinajstić information content (AvgIpc) is 1.54. The molecule has 0 heterocycles. The van der Waals surface area contributed by atoms with Crippen LogP contribution in [0, 0.1) is 0 Å². The molecule has 0 unspecified atom stereocenters. The van der Waals surface area contributed by atoms with Gasteiger partial charge in [0.25, 0.3) is 0 Å². The zero-order chi connectivity index (χ0) is 10.7. The minimum absolute atomic E-state index is 0. The van der Waals surface area contributed by atoms with E-state index in [2.05, 4.69) is 0 Å². The molecule has 72 valence electrons. The SMILES string of the molecule is O=P(=O)[O-].O=P(=O)[O-].O=P(=O)[O-].[Na+]. The smallest absolute Gasteiger partial charge is 0.744 e. The molecule has 0 N–H and O–H groups in total. The van der Waals surface area contributed by atoms with Crippen LogP contribution in [-0.4, -0.2) is 0 Å². The summed E-state index contributed by atoms with van der Waals surface area (Å²) in [6.07, 6.45) is 0. The van der Waals surface area contributed by atoms with Gasteiger partial charge in [-0.1, -0.05) is 0 Å². The van der Waals surface area contributed by atoms with Gasteiger partial charge in [-0.2, -0.15) is 0 Å². The van der Waals surface area contributed by atoms with Crippen LogP contribution in [0.15, 0.2) is 0 Å². The van der Waals surface area contributed by atoms with Crippen LogP contribution in [0.3, 0.4) is 0 Å². The van der Waals surface area contributed by atoms with E-state index in [0.29, 0.717) is 0 Å². The van der Waals surface area contributed by atoms with Crippen LogP contribution >= 0.6 is 23.7 Å². The first-order valence-corrected chi connectivity index (χ1v) is 4.93. The van der Waals surface area contributed by atoms with Gasteiger partial charge in [-0.15, -0.1) is 0 Å². The fourth-order valence-electron chi connectivity index (χ4n) is 0. The molecule has 0 aliphatic carbocycles. The molecule has 0 aromatic rings. The van der Waals surface area contributed by atoms with Gasteiger partial charge in [-0.05, 0) is 0 Å². The molecule has 13 heteroatoms. The van der Waals surface area contributed by atoms with Crippen molar-refractivity contribution in [3.8, 4) is 0 Å². The van der Waals surface area contributed by atoms with Crippen molar-refractivity contribution in [1.29, 1.82) is 0 Å². The van der Waals surface area contributed by atoms with Gasteiger partial charge < -0.3 is 14.7 Å². The third-order valence-electron chi connectivity index (χ3n) is 0. The molecule has 0 radical (unpaired) electrons. The number of hydrogen-bond donors (Lipinski definition) is 0. The summed E-state index contributed by atoms with van der Waals surface area (Å²) in [5.41, 5.74) is 0. The molecule has 9 nitrogen and oxygen atoms in total. The van der Waals surface area contributed by atoms with Gasteiger partial charge in [-0.3, -0.25) is 27.4 Å². The van der Waals surface area contributed by atoms with Gasteiger partial charge >= 0.3 is 29.6 Å². The Labute approximate surface area is 95.2 Å². The first-order valence-electron chi connectivity index (χ1n) is 1.64. The Balaban J connectivity index is -0.0000000450. The van der Waals surface area contributed by atoms with Crippen molar-refractivity contribution >= 4 is 23.7 Å². The van der Waals surface area contributed by atoms with E-state index in [1.165, 1.54) is 0 Å². The van der Waals surface area contributed by atoms with E-state index >= 15 is 0 Å². The molecule has 0 amide bonds. The van der Waals surface area contributed by atoms with Crippen molar-refractivity contribution < 1.29 is 71.6 Å². The first kappa shape index (κ1) is 23.4. The molecule has 0 saturated heterocycles. The summed E-state index contributed by atoms with van der Waals surface area (Å²) in [6, 6.07) is 0. The standard InChI is InChI=1S/Na.3HO3P/c;3*1-4(2)3/h;3*(H,1,2,3)/q+1;;;/p-3. The van der Waals surface area contributed by atoms with E-state index in [1.54, 1.807) is 0 Å². The monoisotopic (exact) mass is 260 g/mol. The Hall–Kier alpha value is 0.580. The molecule has 0 rings (SSSR count). The van der Waals surface area contributed by atoms with Crippen molar-refractivity contribution in [3.05, 3.63) is 0 Å². The summed E-state index contributed by atoms with van der Waals surface area (Å²) in [5, 5.41) is 0. The second kappa shape index (κ2) is 18.4. The van der Waals surface area contributed by atoms with Crippen LogP contribution in [0.2, 0.25) is 0 Å². The molecular formula is NaO9P3-2. The summed E-state index contributed by atoms with van der Waals surface area (Å²) in [5.74, 6) is 0. The molecule has 0 aliphatic heterocycles. The molecule has 0 saturated carbocycles. The van der Waals surface area contributed by atoms with Crippen molar-refractivity contribution in [2.24, 2.45) is 0 Å². The third-order valence-corrected chi connectivity index (χ3v) is 0. The van der Waals surface area contributed by atoms with Crippen LogP contribution in [0.5, 0.6) is 0 Å². The summed E-state index contributed by atoms with van der Waals surface area (Å²) in [7, 11) is -10.1. The zero-order valence-electron chi connectivity index (χ0n) is 6.02. The van der Waals surface area contributed by atoms with E-state index in [-0.39, 0.29) is 29.6 Å². The maximum absolute atomic E-state index is 8.48. The quantitative estimate of drug-likeness (QED) is 0.306. The van der Waals surface area contributed by atoms with E-state index in [1.807, 2.05) is 0 Å². The minimum atomic E-state index is -3.37. The Morgan fingerprint density at radius 3 is 0.538 bits per heavy atom. The molecule has 0 bridgehead atoms. The summed E-state index contributed by atoms with van der Waals surface area (Å²) >= 11 is 0. The van der Waals surface area contributed by atoms with E-state index in [9.17, 15) is 0 Å². The number of hydrogen-bond acceptors (Lipinski definition) is 9. The minimum Gasteiger partial charge on any atom is -0.744 e. The van der Waals surface area contributed by atoms with Gasteiger partial charge in [0.15, 0.2) is 0 Å². The first-order chi connectivity index (χ1) is 5.20. The molecule has 0 atom stereocenters. The van der Waals surface area contributed by atoms with E-state index < -0.39 is 23.7 Å². The van der Waals surface area contributed by atoms with Gasteiger partial charge in [0.05, 0.1) is 0 Å². The summed E-state index contributed by atoms with van der Waals surface area (Å²) in [6.45, 7) is 0. The average molecular weight is 260 g/mol. The molecule has 0 aromatic heterocycles. The zero-order valence-corrected chi connectivity index (χ0v) is 10.7. The predicted molar refractivity (Wildman–Crippen MR) is 24.9 cm³/mol. The fraction of sp³-hybridized carbons (Fsp3) is 0.